The topological polar surface area (TPSA) is 107 Å². The largest absolute Gasteiger partial charge is 0.361 e. The second kappa shape index (κ2) is 4.74. The fourth-order valence-electron chi connectivity index (χ4n) is 1.09. The number of anilines is 1. The fraction of sp³-hybridized carbons (Fsp3) is 0.125. The van der Waals surface area contributed by atoms with E-state index in [-0.39, 0.29) is 17.3 Å². The molecule has 2 aromatic heterocycles. The first kappa shape index (κ1) is 11.3. The Kier molecular flexibility index (Phi) is 3.15. The number of nitro groups is 1. The van der Waals surface area contributed by atoms with E-state index in [9.17, 15) is 10.1 Å². The van der Waals surface area contributed by atoms with Crippen LogP contribution in [-0.4, -0.2) is 20.0 Å². The summed E-state index contributed by atoms with van der Waals surface area (Å²) in [5.74, 6) is 0.753. The molecule has 8 nitrogen and oxygen atoms in total. The second-order valence-corrected chi connectivity index (χ2v) is 3.39. The molecule has 2 rings (SSSR count). The molecule has 0 radical (unpaired) electrons. The zero-order valence-electron chi connectivity index (χ0n) is 8.33. The van der Waals surface area contributed by atoms with Gasteiger partial charge in [0.1, 0.15) is 12.0 Å². The lowest BCUT2D eigenvalue weighted by atomic mass is 10.4. The molecule has 2 heterocycles. The molecule has 0 spiro atoms. The zero-order valence-corrected chi connectivity index (χ0v) is 9.09. The van der Waals surface area contributed by atoms with Crippen LogP contribution in [0.3, 0.4) is 0 Å². The summed E-state index contributed by atoms with van der Waals surface area (Å²) in [6, 6.07) is 1.22. The predicted octanol–water partition coefficient (Wildman–Crippen LogP) is 1.64. The predicted molar refractivity (Wildman–Crippen MR) is 57.5 cm³/mol. The van der Waals surface area contributed by atoms with E-state index < -0.39 is 4.92 Å². The maximum absolute atomic E-state index is 10.5. The van der Waals surface area contributed by atoms with Crippen LogP contribution in [0.25, 0.3) is 0 Å². The van der Waals surface area contributed by atoms with E-state index in [2.05, 4.69) is 25.0 Å². The molecule has 9 heteroatoms. The standard InChI is InChI=1S/C8H6ClN5O3/c9-6-1-5(14(15)16)2-10-8(6)11-3-7-12-4-17-13-7/h1-2,4H,3H2,(H,10,11). The number of hydrogen-bond acceptors (Lipinski definition) is 7. The van der Waals surface area contributed by atoms with Gasteiger partial charge in [-0.05, 0) is 0 Å². The lowest BCUT2D eigenvalue weighted by molar-refractivity contribution is -0.385. The highest BCUT2D eigenvalue weighted by atomic mass is 35.5. The highest BCUT2D eigenvalue weighted by Crippen LogP contribution is 2.23. The molecule has 0 amide bonds. The van der Waals surface area contributed by atoms with Gasteiger partial charge in [-0.25, -0.2) is 4.98 Å². The molecular weight excluding hydrogens is 250 g/mol. The first-order valence-corrected chi connectivity index (χ1v) is 4.83. The van der Waals surface area contributed by atoms with E-state index in [0.717, 1.165) is 6.20 Å². The second-order valence-electron chi connectivity index (χ2n) is 2.98. The highest BCUT2D eigenvalue weighted by molar-refractivity contribution is 6.33. The van der Waals surface area contributed by atoms with Gasteiger partial charge in [0.15, 0.2) is 5.82 Å². The summed E-state index contributed by atoms with van der Waals surface area (Å²) in [5, 5.41) is 17.0. The third kappa shape index (κ3) is 2.67. The molecule has 0 saturated carbocycles. The van der Waals surface area contributed by atoms with E-state index in [0.29, 0.717) is 11.6 Å². The van der Waals surface area contributed by atoms with E-state index in [4.69, 9.17) is 11.6 Å². The Bertz CT molecular complexity index is 530. The molecule has 0 atom stereocenters. The molecule has 2 aromatic rings. The van der Waals surface area contributed by atoms with Crippen LogP contribution < -0.4 is 5.32 Å². The quantitative estimate of drug-likeness (QED) is 0.653. The van der Waals surface area contributed by atoms with Gasteiger partial charge >= 0.3 is 0 Å². The molecule has 0 aliphatic carbocycles. The number of pyridine rings is 1. The summed E-state index contributed by atoms with van der Waals surface area (Å²) in [6.07, 6.45) is 2.31. The Hall–Kier alpha value is -2.22. The van der Waals surface area contributed by atoms with Crippen molar-refractivity contribution in [1.29, 1.82) is 0 Å². The first-order chi connectivity index (χ1) is 8.16. The summed E-state index contributed by atoms with van der Waals surface area (Å²) < 4.78 is 4.54. The van der Waals surface area contributed by atoms with Crippen LogP contribution in [0.15, 0.2) is 23.2 Å². The molecule has 0 aromatic carbocycles. The number of nitrogens with one attached hydrogen (secondary N) is 1. The van der Waals surface area contributed by atoms with Gasteiger partial charge in [-0.15, -0.1) is 0 Å². The Morgan fingerprint density at radius 1 is 1.53 bits per heavy atom. The van der Waals surface area contributed by atoms with E-state index in [1.54, 1.807) is 0 Å². The maximum atomic E-state index is 10.5. The molecule has 0 fully saturated rings. The Morgan fingerprint density at radius 2 is 2.35 bits per heavy atom. The normalized spacial score (nSPS) is 10.2. The Morgan fingerprint density at radius 3 is 2.94 bits per heavy atom. The average Bonchev–Trinajstić information content (AvgIpc) is 2.80. The van der Waals surface area contributed by atoms with Crippen LogP contribution in [-0.2, 0) is 6.54 Å². The average molecular weight is 256 g/mol. The number of rotatable bonds is 4. The molecule has 0 aliphatic rings. The van der Waals surface area contributed by atoms with Gasteiger partial charge in [0.25, 0.3) is 5.69 Å². The lowest BCUT2D eigenvalue weighted by Gasteiger charge is -2.03. The van der Waals surface area contributed by atoms with Gasteiger partial charge < -0.3 is 9.84 Å². The van der Waals surface area contributed by atoms with Gasteiger partial charge in [0, 0.05) is 6.07 Å². The molecule has 0 bridgehead atoms. The molecule has 0 unspecified atom stereocenters. The minimum Gasteiger partial charge on any atom is -0.361 e. The first-order valence-electron chi connectivity index (χ1n) is 4.46. The van der Waals surface area contributed by atoms with Crippen molar-refractivity contribution in [2.75, 3.05) is 5.32 Å². The number of nitrogens with zero attached hydrogens (tertiary/aromatic N) is 4. The van der Waals surface area contributed by atoms with E-state index in [1.807, 2.05) is 0 Å². The van der Waals surface area contributed by atoms with Gasteiger partial charge in [-0.1, -0.05) is 16.8 Å². The van der Waals surface area contributed by atoms with Gasteiger partial charge in [-0.2, -0.15) is 4.98 Å². The van der Waals surface area contributed by atoms with Crippen molar-refractivity contribution in [2.24, 2.45) is 0 Å². The lowest BCUT2D eigenvalue weighted by Crippen LogP contribution is -2.03. The van der Waals surface area contributed by atoms with Crippen LogP contribution in [0.4, 0.5) is 11.5 Å². The number of hydrogen-bond donors (Lipinski definition) is 1. The van der Waals surface area contributed by atoms with E-state index >= 15 is 0 Å². The summed E-state index contributed by atoms with van der Waals surface area (Å²) in [5.41, 5.74) is -0.167. The van der Waals surface area contributed by atoms with Crippen molar-refractivity contribution >= 4 is 23.1 Å². The third-order valence-corrected chi connectivity index (χ3v) is 2.15. The van der Waals surface area contributed by atoms with Crippen molar-refractivity contribution in [3.05, 3.63) is 39.6 Å². The smallest absolute Gasteiger partial charge is 0.289 e. The van der Waals surface area contributed by atoms with Crippen LogP contribution in [0, 0.1) is 10.1 Å². The van der Waals surface area contributed by atoms with Gasteiger partial charge in [0.2, 0.25) is 6.39 Å². The summed E-state index contributed by atoms with van der Waals surface area (Å²) >= 11 is 5.82. The summed E-state index contributed by atoms with van der Waals surface area (Å²) in [6.45, 7) is 0.265. The van der Waals surface area contributed by atoms with Crippen LogP contribution in [0.2, 0.25) is 5.02 Å². The van der Waals surface area contributed by atoms with Crippen molar-refractivity contribution in [3.63, 3.8) is 0 Å². The summed E-state index contributed by atoms with van der Waals surface area (Å²) in [4.78, 5) is 17.5. The minimum absolute atomic E-state index is 0.155. The fourth-order valence-corrected chi connectivity index (χ4v) is 1.32. The van der Waals surface area contributed by atoms with Gasteiger partial charge in [0.05, 0.1) is 16.5 Å². The molecule has 0 aliphatic heterocycles. The molecule has 0 saturated heterocycles. The molecule has 88 valence electrons. The third-order valence-electron chi connectivity index (χ3n) is 1.86. The SMILES string of the molecule is O=[N+]([O-])c1cnc(NCc2ncon2)c(Cl)c1. The molecule has 1 N–H and O–H groups in total. The van der Waals surface area contributed by atoms with Crippen LogP contribution in [0.1, 0.15) is 5.82 Å². The van der Waals surface area contributed by atoms with Crippen LogP contribution in [0.5, 0.6) is 0 Å². The van der Waals surface area contributed by atoms with Crippen molar-refractivity contribution in [1.82, 2.24) is 15.1 Å². The van der Waals surface area contributed by atoms with Crippen molar-refractivity contribution in [2.45, 2.75) is 6.54 Å². The van der Waals surface area contributed by atoms with Gasteiger partial charge in [-0.3, -0.25) is 10.1 Å². The summed E-state index contributed by atoms with van der Waals surface area (Å²) in [7, 11) is 0. The Balaban J connectivity index is 2.09. The zero-order chi connectivity index (χ0) is 12.3. The van der Waals surface area contributed by atoms with Crippen LogP contribution >= 0.6 is 11.6 Å². The van der Waals surface area contributed by atoms with Crippen molar-refractivity contribution in [3.8, 4) is 0 Å². The molecule has 17 heavy (non-hydrogen) atoms. The minimum atomic E-state index is -0.568. The Labute approximate surface area is 99.8 Å². The van der Waals surface area contributed by atoms with Crippen molar-refractivity contribution < 1.29 is 9.45 Å². The van der Waals surface area contributed by atoms with E-state index in [1.165, 1.54) is 12.5 Å². The monoisotopic (exact) mass is 255 g/mol. The molecular formula is C8H6ClN5O3. The number of aromatic nitrogens is 3. The maximum Gasteiger partial charge on any atom is 0.289 e. The highest BCUT2D eigenvalue weighted by Gasteiger charge is 2.11. The number of halogens is 1.